The molecule has 0 radical (unpaired) electrons. The van der Waals surface area contributed by atoms with Gasteiger partial charge in [0.2, 0.25) is 17.7 Å². The van der Waals surface area contributed by atoms with Gasteiger partial charge in [-0.05, 0) is 49.4 Å². The first-order valence-electron chi connectivity index (χ1n) is 11.5. The second-order valence-electron chi connectivity index (χ2n) is 9.30. The molecule has 5 rings (SSSR count). The van der Waals surface area contributed by atoms with Crippen molar-refractivity contribution in [2.45, 2.75) is 32.6 Å². The number of hydrogen-bond acceptors (Lipinski definition) is 5. The van der Waals surface area contributed by atoms with Crippen LogP contribution in [0.15, 0.2) is 54.6 Å². The summed E-state index contributed by atoms with van der Waals surface area (Å²) < 4.78 is 5.57. The Kier molecular flexibility index (Phi) is 5.48. The average molecular weight is 447 g/mol. The topological polar surface area (TPSA) is 84.0 Å². The lowest BCUT2D eigenvalue weighted by molar-refractivity contribution is -0.139. The summed E-state index contributed by atoms with van der Waals surface area (Å²) >= 11 is 0. The molecule has 7 nitrogen and oxygen atoms in total. The van der Waals surface area contributed by atoms with Crippen molar-refractivity contribution in [3.05, 3.63) is 54.6 Å². The molecule has 0 N–H and O–H groups in total. The van der Waals surface area contributed by atoms with E-state index in [1.165, 1.54) is 4.90 Å². The van der Waals surface area contributed by atoms with Crippen LogP contribution in [0.2, 0.25) is 0 Å². The number of rotatable bonds is 4. The number of benzene rings is 2. The molecule has 3 fully saturated rings. The molecular weight excluding hydrogens is 420 g/mol. The fourth-order valence-corrected chi connectivity index (χ4v) is 5.25. The van der Waals surface area contributed by atoms with Gasteiger partial charge in [0.1, 0.15) is 5.75 Å². The van der Waals surface area contributed by atoms with Crippen LogP contribution in [0.25, 0.3) is 0 Å². The number of imide groups is 1. The molecule has 3 amide bonds. The third-order valence-electron chi connectivity index (χ3n) is 7.01. The number of nitrogens with zero attached hydrogens (tertiary/aromatic N) is 2. The first-order valence-corrected chi connectivity index (χ1v) is 11.5. The standard InChI is InChI=1S/C26H26N2O5/c1-16-10-11-21-22(12-16)25(31)28(24(21)30)19-8-5-9-20(14-19)33-26(32)17-13-23(29)27(15-17)18-6-3-2-4-7-18/h2-9,14,16-17,21-22H,10-13,15H2,1H3/t16-,17-,21-,22-/m1/s1. The van der Waals surface area contributed by atoms with Crippen LogP contribution in [-0.4, -0.2) is 30.2 Å². The zero-order valence-corrected chi connectivity index (χ0v) is 18.5. The molecule has 0 unspecified atom stereocenters. The number of hydrogen-bond donors (Lipinski definition) is 0. The van der Waals surface area contributed by atoms with Gasteiger partial charge in [0.15, 0.2) is 0 Å². The van der Waals surface area contributed by atoms with Gasteiger partial charge in [-0.2, -0.15) is 0 Å². The molecule has 0 aromatic heterocycles. The fourth-order valence-electron chi connectivity index (χ4n) is 5.25. The van der Waals surface area contributed by atoms with Crippen LogP contribution in [0.5, 0.6) is 5.75 Å². The van der Waals surface area contributed by atoms with Gasteiger partial charge in [-0.15, -0.1) is 0 Å². The highest BCUT2D eigenvalue weighted by molar-refractivity contribution is 6.22. The maximum absolute atomic E-state index is 13.0. The van der Waals surface area contributed by atoms with Crippen LogP contribution in [0.1, 0.15) is 32.6 Å². The number of para-hydroxylation sites is 1. The van der Waals surface area contributed by atoms with Crippen LogP contribution < -0.4 is 14.5 Å². The third kappa shape index (κ3) is 3.92. The van der Waals surface area contributed by atoms with Crippen molar-refractivity contribution in [1.82, 2.24) is 0 Å². The third-order valence-corrected chi connectivity index (χ3v) is 7.01. The van der Waals surface area contributed by atoms with Gasteiger partial charge in [0, 0.05) is 24.7 Å². The van der Waals surface area contributed by atoms with E-state index in [4.69, 9.17) is 4.74 Å². The molecule has 1 saturated carbocycles. The van der Waals surface area contributed by atoms with E-state index >= 15 is 0 Å². The number of anilines is 2. The van der Waals surface area contributed by atoms with E-state index in [1.807, 2.05) is 30.3 Å². The van der Waals surface area contributed by atoms with Crippen molar-refractivity contribution in [1.29, 1.82) is 0 Å². The lowest BCUT2D eigenvalue weighted by atomic mass is 9.76. The lowest BCUT2D eigenvalue weighted by Crippen LogP contribution is -2.31. The molecule has 3 aliphatic rings. The quantitative estimate of drug-likeness (QED) is 0.407. The zero-order chi connectivity index (χ0) is 23.1. The minimum absolute atomic E-state index is 0.0814. The molecule has 2 aromatic rings. The average Bonchev–Trinajstić information content (AvgIpc) is 3.32. The second-order valence-corrected chi connectivity index (χ2v) is 9.30. The summed E-state index contributed by atoms with van der Waals surface area (Å²) in [4.78, 5) is 54.0. The molecule has 1 aliphatic carbocycles. The first kappa shape index (κ1) is 21.4. The molecule has 170 valence electrons. The smallest absolute Gasteiger partial charge is 0.316 e. The molecule has 4 atom stereocenters. The molecule has 33 heavy (non-hydrogen) atoms. The summed E-state index contributed by atoms with van der Waals surface area (Å²) in [6.07, 6.45) is 2.49. The van der Waals surface area contributed by atoms with Crippen molar-refractivity contribution < 1.29 is 23.9 Å². The minimum atomic E-state index is -0.583. The highest BCUT2D eigenvalue weighted by Crippen LogP contribution is 2.42. The Bertz CT molecular complexity index is 1110. The van der Waals surface area contributed by atoms with Crippen LogP contribution in [0, 0.1) is 23.7 Å². The summed E-state index contributed by atoms with van der Waals surface area (Å²) in [5, 5.41) is 0. The maximum Gasteiger partial charge on any atom is 0.316 e. The van der Waals surface area contributed by atoms with Crippen molar-refractivity contribution >= 4 is 35.1 Å². The zero-order valence-electron chi connectivity index (χ0n) is 18.5. The SMILES string of the molecule is C[C@@H]1CC[C@H]2C(=O)N(c3cccc(OC(=O)[C@@H]4CC(=O)N(c5ccccc5)C4)c3)C(=O)[C@@H]2C1. The molecule has 2 heterocycles. The summed E-state index contributed by atoms with van der Waals surface area (Å²) in [5.74, 6) is -1.37. The number of esters is 1. The number of ether oxygens (including phenoxy) is 1. The van der Waals surface area contributed by atoms with Crippen LogP contribution >= 0.6 is 0 Å². The second kappa shape index (κ2) is 8.46. The van der Waals surface area contributed by atoms with Crippen molar-refractivity contribution in [3.8, 4) is 5.75 Å². The predicted octanol–water partition coefficient (Wildman–Crippen LogP) is 3.57. The number of carbonyl (C=O) groups is 4. The Morgan fingerprint density at radius 1 is 0.909 bits per heavy atom. The van der Waals surface area contributed by atoms with Gasteiger partial charge in [0.05, 0.1) is 23.4 Å². The highest BCUT2D eigenvalue weighted by Gasteiger charge is 2.50. The normalized spacial score (nSPS) is 27.1. The molecule has 2 saturated heterocycles. The molecule has 7 heteroatoms. The Balaban J connectivity index is 1.29. The Morgan fingerprint density at radius 2 is 1.64 bits per heavy atom. The van der Waals surface area contributed by atoms with Gasteiger partial charge in [-0.1, -0.05) is 31.2 Å². The van der Waals surface area contributed by atoms with Crippen molar-refractivity contribution in [2.24, 2.45) is 23.7 Å². The first-order chi connectivity index (χ1) is 15.9. The van der Waals surface area contributed by atoms with Gasteiger partial charge in [0.25, 0.3) is 0 Å². The molecule has 2 aliphatic heterocycles. The van der Waals surface area contributed by atoms with E-state index in [0.29, 0.717) is 11.6 Å². The van der Waals surface area contributed by atoms with Crippen molar-refractivity contribution in [2.75, 3.05) is 16.3 Å². The monoisotopic (exact) mass is 446 g/mol. The van der Waals surface area contributed by atoms with Crippen LogP contribution in [-0.2, 0) is 19.2 Å². The van der Waals surface area contributed by atoms with E-state index in [9.17, 15) is 19.2 Å². The number of amides is 3. The Labute approximate surface area is 192 Å². The summed E-state index contributed by atoms with van der Waals surface area (Å²) in [6.45, 7) is 2.37. The molecular formula is C26H26N2O5. The van der Waals surface area contributed by atoms with Gasteiger partial charge in [-0.3, -0.25) is 19.2 Å². The van der Waals surface area contributed by atoms with E-state index in [0.717, 1.165) is 24.9 Å². The highest BCUT2D eigenvalue weighted by atomic mass is 16.5. The number of fused-ring (bicyclic) bond motifs is 1. The summed E-state index contributed by atoms with van der Waals surface area (Å²) in [5.41, 5.74) is 1.17. The van der Waals surface area contributed by atoms with Crippen LogP contribution in [0.3, 0.4) is 0 Å². The van der Waals surface area contributed by atoms with Gasteiger partial charge < -0.3 is 9.64 Å². The van der Waals surface area contributed by atoms with Gasteiger partial charge >= 0.3 is 5.97 Å². The maximum atomic E-state index is 13.0. The Hall–Kier alpha value is -3.48. The number of carbonyl (C=O) groups excluding carboxylic acids is 4. The molecule has 0 spiro atoms. The lowest BCUT2D eigenvalue weighted by Gasteiger charge is -2.25. The van der Waals surface area contributed by atoms with E-state index < -0.39 is 11.9 Å². The summed E-state index contributed by atoms with van der Waals surface area (Å²) in [6, 6.07) is 15.7. The molecule has 2 aromatic carbocycles. The van der Waals surface area contributed by atoms with E-state index in [-0.39, 0.29) is 48.3 Å². The largest absolute Gasteiger partial charge is 0.426 e. The predicted molar refractivity (Wildman–Crippen MR) is 121 cm³/mol. The van der Waals surface area contributed by atoms with E-state index in [2.05, 4.69) is 6.92 Å². The van der Waals surface area contributed by atoms with Gasteiger partial charge in [-0.25, -0.2) is 4.90 Å². The molecule has 0 bridgehead atoms. The van der Waals surface area contributed by atoms with Crippen molar-refractivity contribution in [3.63, 3.8) is 0 Å². The fraction of sp³-hybridized carbons (Fsp3) is 0.385. The van der Waals surface area contributed by atoms with E-state index in [1.54, 1.807) is 29.2 Å². The summed E-state index contributed by atoms with van der Waals surface area (Å²) in [7, 11) is 0. The minimum Gasteiger partial charge on any atom is -0.426 e. The van der Waals surface area contributed by atoms with Crippen LogP contribution in [0.4, 0.5) is 11.4 Å². The Morgan fingerprint density at radius 3 is 2.42 bits per heavy atom.